The predicted octanol–water partition coefficient (Wildman–Crippen LogP) is 2.29. The molecule has 0 aliphatic heterocycles. The third kappa shape index (κ3) is 5.92. The molecule has 6 heavy (non-hydrogen) atoms. The van der Waals surface area contributed by atoms with Crippen LogP contribution in [0.5, 0.6) is 0 Å². The van der Waals surface area contributed by atoms with Gasteiger partial charge in [0.1, 0.15) is 0 Å². The Bertz CT molecular complexity index is 34.7. The van der Waals surface area contributed by atoms with Crippen LogP contribution in [-0.4, -0.2) is 9.82 Å². The lowest BCUT2D eigenvalue weighted by Gasteiger charge is -1.88. The molecule has 0 aliphatic carbocycles. The normalized spacial score (nSPS) is 8.50. The van der Waals surface area contributed by atoms with Gasteiger partial charge in [0.25, 0.3) is 0 Å². The monoisotopic (exact) mass is 250 g/mol. The predicted molar refractivity (Wildman–Crippen MR) is 50.6 cm³/mol. The SMILES string of the molecule is CSSB(P)I. The summed E-state index contributed by atoms with van der Waals surface area (Å²) in [7, 11) is 6.36. The van der Waals surface area contributed by atoms with E-state index in [0.29, 0.717) is 3.57 Å². The van der Waals surface area contributed by atoms with Gasteiger partial charge in [-0.1, -0.05) is 0 Å². The minimum absolute atomic E-state index is 0.664. The molecule has 36 valence electrons. The third-order valence-electron chi connectivity index (χ3n) is 0.188. The van der Waals surface area contributed by atoms with Gasteiger partial charge in [-0.25, -0.2) is 0 Å². The zero-order valence-electron chi connectivity index (χ0n) is 3.35. The van der Waals surface area contributed by atoms with Crippen molar-refractivity contribution in [2.24, 2.45) is 0 Å². The lowest BCUT2D eigenvalue weighted by atomic mass is 10.7. The van der Waals surface area contributed by atoms with Crippen LogP contribution in [0.3, 0.4) is 0 Å². The molecule has 1 unspecified atom stereocenters. The summed E-state index contributed by atoms with van der Waals surface area (Å²) in [5.41, 5.74) is 0. The highest BCUT2D eigenvalue weighted by Gasteiger charge is 1.96. The molecule has 0 aromatic rings. The maximum Gasteiger partial charge on any atom is 0.314 e. The van der Waals surface area contributed by atoms with Crippen LogP contribution in [0, 0.1) is 0 Å². The minimum atomic E-state index is 0.664. The first-order valence-corrected chi connectivity index (χ1v) is 5.90. The molecule has 0 bridgehead atoms. The second-order valence-corrected chi connectivity index (χ2v) is 7.92. The molecule has 0 spiro atoms. The van der Waals surface area contributed by atoms with E-state index in [-0.39, 0.29) is 0 Å². The van der Waals surface area contributed by atoms with Gasteiger partial charge < -0.3 is 0 Å². The Morgan fingerprint density at radius 1 is 1.83 bits per heavy atom. The molecule has 0 saturated carbocycles. The highest BCUT2D eigenvalue weighted by molar-refractivity contribution is 14.1. The van der Waals surface area contributed by atoms with Crippen LogP contribution in [0.1, 0.15) is 0 Å². The molecular formula is CH5BIPS2. The van der Waals surface area contributed by atoms with Gasteiger partial charge in [-0.05, 0) is 6.26 Å². The number of hydrogen-bond acceptors (Lipinski definition) is 2. The van der Waals surface area contributed by atoms with Crippen LogP contribution in [0.2, 0.25) is 0 Å². The zero-order valence-corrected chi connectivity index (χ0v) is 8.29. The van der Waals surface area contributed by atoms with Crippen LogP contribution >= 0.6 is 52.9 Å². The molecule has 0 radical (unpaired) electrons. The van der Waals surface area contributed by atoms with Gasteiger partial charge in [0.2, 0.25) is 0 Å². The molecule has 1 atom stereocenters. The van der Waals surface area contributed by atoms with Gasteiger partial charge in [0.15, 0.2) is 0 Å². The van der Waals surface area contributed by atoms with E-state index < -0.39 is 0 Å². The largest absolute Gasteiger partial charge is 0.314 e. The van der Waals surface area contributed by atoms with E-state index in [9.17, 15) is 0 Å². The quantitative estimate of drug-likeness (QED) is 0.319. The van der Waals surface area contributed by atoms with Crippen molar-refractivity contribution < 1.29 is 0 Å². The second-order valence-electron chi connectivity index (χ2n) is 0.614. The summed E-state index contributed by atoms with van der Waals surface area (Å²) in [6, 6.07) is 0. The Morgan fingerprint density at radius 3 is 2.33 bits per heavy atom. The lowest BCUT2D eigenvalue weighted by molar-refractivity contribution is 2.55. The van der Waals surface area contributed by atoms with E-state index in [4.69, 9.17) is 0 Å². The summed E-state index contributed by atoms with van der Waals surface area (Å²) < 4.78 is 0.664. The van der Waals surface area contributed by atoms with E-state index in [2.05, 4.69) is 37.7 Å². The molecule has 0 heterocycles. The molecule has 0 aliphatic rings. The number of hydrogen-bond donors (Lipinski definition) is 0. The van der Waals surface area contributed by atoms with Crippen LogP contribution < -0.4 is 0 Å². The van der Waals surface area contributed by atoms with Gasteiger partial charge in [-0.2, -0.15) is 0 Å². The average Bonchev–Trinajstić information content (AvgIpc) is 1.35. The lowest BCUT2D eigenvalue weighted by Crippen LogP contribution is -1.72. The number of rotatable bonds is 2. The van der Waals surface area contributed by atoms with Crippen molar-refractivity contribution >= 4 is 56.5 Å². The van der Waals surface area contributed by atoms with Crippen LogP contribution in [0.25, 0.3) is 0 Å². The Labute approximate surface area is 62.4 Å². The van der Waals surface area contributed by atoms with Crippen molar-refractivity contribution in [2.45, 2.75) is 0 Å². The fourth-order valence-electron chi connectivity index (χ4n) is 0.0919. The second kappa shape index (κ2) is 5.07. The Kier molecular flexibility index (Phi) is 6.70. The molecule has 0 rings (SSSR count). The first-order chi connectivity index (χ1) is 2.77. The maximum atomic E-state index is 2.71. The number of halogens is 1. The fourth-order valence-corrected chi connectivity index (χ4v) is 3.70. The topological polar surface area (TPSA) is 0 Å². The molecular weight excluding hydrogens is 245 g/mol. The van der Waals surface area contributed by atoms with Gasteiger partial charge >= 0.3 is 3.57 Å². The van der Waals surface area contributed by atoms with Crippen molar-refractivity contribution in [1.82, 2.24) is 0 Å². The van der Waals surface area contributed by atoms with Crippen molar-refractivity contribution in [1.29, 1.82) is 0 Å². The Balaban J connectivity index is 2.63. The highest BCUT2D eigenvalue weighted by Crippen LogP contribution is 2.28. The van der Waals surface area contributed by atoms with Crippen molar-refractivity contribution in [3.05, 3.63) is 0 Å². The van der Waals surface area contributed by atoms with E-state index in [1.807, 2.05) is 10.6 Å². The molecule has 0 N–H and O–H groups in total. The summed E-state index contributed by atoms with van der Waals surface area (Å²) in [5.74, 6) is 0. The smallest absolute Gasteiger partial charge is 0.146 e. The highest BCUT2D eigenvalue weighted by atomic mass is 127. The molecule has 0 amide bonds. The molecule has 5 heteroatoms. The molecule has 0 aromatic heterocycles. The van der Waals surface area contributed by atoms with Crippen molar-refractivity contribution in [3.63, 3.8) is 0 Å². The molecule has 0 nitrogen and oxygen atoms in total. The van der Waals surface area contributed by atoms with E-state index in [0.717, 1.165) is 0 Å². The van der Waals surface area contributed by atoms with Crippen LogP contribution in [-0.2, 0) is 0 Å². The summed E-state index contributed by atoms with van der Waals surface area (Å²) in [5, 5.41) is 0. The summed E-state index contributed by atoms with van der Waals surface area (Å²) >= 11 is 2.35. The standard InChI is InChI=1S/CH5BIPS2/c1-5-6-2(3)4/h4H2,1H3. The van der Waals surface area contributed by atoms with Crippen LogP contribution in [0.4, 0.5) is 0 Å². The summed E-state index contributed by atoms with van der Waals surface area (Å²) in [4.78, 5) is 0. The fraction of sp³-hybridized carbons (Fsp3) is 1.00. The summed E-state index contributed by atoms with van der Waals surface area (Å²) in [6.07, 6.45) is 2.08. The van der Waals surface area contributed by atoms with Gasteiger partial charge in [0, 0.05) is 0 Å². The van der Waals surface area contributed by atoms with Crippen molar-refractivity contribution in [3.8, 4) is 0 Å². The molecule has 0 saturated heterocycles. The van der Waals surface area contributed by atoms with Gasteiger partial charge in [-0.3, -0.25) is 0 Å². The van der Waals surface area contributed by atoms with E-state index >= 15 is 0 Å². The Morgan fingerprint density at radius 2 is 2.33 bits per heavy atom. The van der Waals surface area contributed by atoms with Crippen molar-refractivity contribution in [2.75, 3.05) is 6.26 Å². The average molecular weight is 250 g/mol. The minimum Gasteiger partial charge on any atom is -0.146 e. The van der Waals surface area contributed by atoms with Crippen LogP contribution in [0.15, 0.2) is 0 Å². The summed E-state index contributed by atoms with van der Waals surface area (Å²) in [6.45, 7) is 0. The van der Waals surface area contributed by atoms with E-state index in [1.165, 1.54) is 0 Å². The first-order valence-electron chi connectivity index (χ1n) is 1.36. The molecule has 0 fully saturated rings. The van der Waals surface area contributed by atoms with E-state index in [1.54, 1.807) is 10.8 Å². The Hall–Kier alpha value is 1.92. The maximum absolute atomic E-state index is 2.71. The zero-order chi connectivity index (χ0) is 4.99. The molecule has 0 aromatic carbocycles. The first kappa shape index (κ1) is 7.92. The van der Waals surface area contributed by atoms with Gasteiger partial charge in [-0.15, -0.1) is 52.9 Å². The third-order valence-corrected chi connectivity index (χ3v) is 4.56. The van der Waals surface area contributed by atoms with Gasteiger partial charge in [0.05, 0.1) is 0 Å².